The monoisotopic (exact) mass is 868 g/mol. The van der Waals surface area contributed by atoms with E-state index in [1.54, 1.807) is 36.5 Å². The molecule has 2 fully saturated rings. The van der Waals surface area contributed by atoms with E-state index in [0.29, 0.717) is 76.8 Å². The van der Waals surface area contributed by atoms with Crippen molar-refractivity contribution in [3.05, 3.63) is 112 Å². The second-order valence-electron chi connectivity index (χ2n) is 16.4. The smallest absolute Gasteiger partial charge is 0.293 e. The number of anilines is 2. The lowest BCUT2D eigenvalue weighted by Crippen LogP contribution is -2.55. The fourth-order valence-corrected chi connectivity index (χ4v) is 9.34. The number of aromatic nitrogens is 2. The molecule has 0 aliphatic carbocycles. The molecule has 1 atom stereocenters. The zero-order chi connectivity index (χ0) is 43.5. The zero-order valence-electron chi connectivity index (χ0n) is 34.5. The normalized spacial score (nSPS) is 17.5. The molecule has 3 aromatic carbocycles. The van der Waals surface area contributed by atoms with Gasteiger partial charge in [-0.25, -0.2) is 22.5 Å². The molecule has 3 N–H and O–H groups in total. The number of carbonyl (C=O) groups is 2. The molecule has 3 aliphatic rings. The van der Waals surface area contributed by atoms with Gasteiger partial charge < -0.3 is 29.6 Å². The predicted octanol–water partition coefficient (Wildman–Crippen LogP) is 6.09. The minimum absolute atomic E-state index is 0.0621. The second-order valence-corrected chi connectivity index (χ2v) is 18.0. The maximum absolute atomic E-state index is 14.2. The van der Waals surface area contributed by atoms with E-state index in [0.717, 1.165) is 41.1 Å². The summed E-state index contributed by atoms with van der Waals surface area (Å²) >= 11 is 0. The van der Waals surface area contributed by atoms with Gasteiger partial charge in [-0.2, -0.15) is 0 Å². The Hall–Kier alpha value is -6.11. The minimum atomic E-state index is -4.59. The van der Waals surface area contributed by atoms with Gasteiger partial charge in [0.05, 0.1) is 21.6 Å². The lowest BCUT2D eigenvalue weighted by molar-refractivity contribution is -0.384. The highest BCUT2D eigenvalue weighted by atomic mass is 32.2. The largest absolute Gasteiger partial charge is 0.455 e. The van der Waals surface area contributed by atoms with Crippen LogP contribution in [0, 0.1) is 27.8 Å². The summed E-state index contributed by atoms with van der Waals surface area (Å²) in [6, 6.07) is 16.6. The van der Waals surface area contributed by atoms with Crippen molar-refractivity contribution in [2.75, 3.05) is 62.7 Å². The second kappa shape index (κ2) is 18.1. The van der Waals surface area contributed by atoms with Gasteiger partial charge in [0.2, 0.25) is 5.91 Å². The number of pyridine rings is 1. The van der Waals surface area contributed by atoms with Gasteiger partial charge in [-0.1, -0.05) is 19.9 Å². The molecule has 3 aliphatic heterocycles. The highest BCUT2D eigenvalue weighted by Crippen LogP contribution is 2.34. The lowest BCUT2D eigenvalue weighted by Gasteiger charge is -2.43. The number of nitrogens with one attached hydrogen (secondary N) is 3. The lowest BCUT2D eigenvalue weighted by atomic mass is 9.92. The third-order valence-corrected chi connectivity index (χ3v) is 13.2. The van der Waals surface area contributed by atoms with E-state index in [2.05, 4.69) is 29.8 Å². The number of carbonyl (C=O) groups excluding carboxylic acids is 2. The van der Waals surface area contributed by atoms with Gasteiger partial charge in [-0.3, -0.25) is 24.6 Å². The molecule has 0 bridgehead atoms. The number of ether oxygens (including phenoxy) is 2. The molecular formula is C44H49FN8O8S. The van der Waals surface area contributed by atoms with Crippen LogP contribution in [0.25, 0.3) is 11.0 Å². The van der Waals surface area contributed by atoms with Crippen LogP contribution in [-0.2, 0) is 32.5 Å². The number of H-pyrrole nitrogens is 1. The number of piperazine rings is 1. The van der Waals surface area contributed by atoms with Crippen LogP contribution in [0.4, 0.5) is 21.5 Å². The van der Waals surface area contributed by atoms with Crippen molar-refractivity contribution in [2.45, 2.75) is 50.6 Å². The third-order valence-electron chi connectivity index (χ3n) is 11.8. The molecule has 0 radical (unpaired) electrons. The summed E-state index contributed by atoms with van der Waals surface area (Å²) in [5, 5.41) is 15.9. The first-order valence-corrected chi connectivity index (χ1v) is 22.3. The number of amides is 2. The standard InChI is InChI=1S/C44H49FN8O8S/c1-28(2)44(55)52-26-31-3-4-33(45)19-32(31)20-35(52)27-50-13-15-51(16-14-50)34-5-7-38(41(22-34)61-36-21-30-9-12-46-42(30)48-25-36)43(54)49-62(58,59)37-6-8-39(40(23-37)53(56)57)47-24-29-10-17-60-18-11-29/h3-9,12,19,21-23,25,28-29,35,47H,10-11,13-18,20,24,26-27H2,1-2H3,(H,46,48)(H,49,54)/t35-/m0/s1. The Morgan fingerprint density at radius 2 is 1.81 bits per heavy atom. The molecule has 5 heterocycles. The minimum Gasteiger partial charge on any atom is -0.455 e. The van der Waals surface area contributed by atoms with Crippen LogP contribution in [0.15, 0.2) is 84.0 Å². The Bertz CT molecular complexity index is 2590. The molecule has 5 aromatic rings. The Morgan fingerprint density at radius 3 is 2.56 bits per heavy atom. The number of halogens is 1. The molecule has 2 amide bonds. The van der Waals surface area contributed by atoms with E-state index in [1.807, 2.05) is 24.8 Å². The van der Waals surface area contributed by atoms with Crippen LogP contribution in [0.2, 0.25) is 0 Å². The van der Waals surface area contributed by atoms with Crippen molar-refractivity contribution in [3.8, 4) is 11.5 Å². The SMILES string of the molecule is CC(C)C(=O)N1Cc2ccc(F)cc2C[C@H]1CN1CCN(c2ccc(C(=O)NS(=O)(=O)c3ccc(NCC4CCOCC4)c([N+](=O)[O-])c3)c(Oc3cnc4[nH]ccc4c3)c2)CC1. The summed E-state index contributed by atoms with van der Waals surface area (Å²) in [4.78, 5) is 52.0. The predicted molar refractivity (Wildman–Crippen MR) is 230 cm³/mol. The number of sulfonamides is 1. The van der Waals surface area contributed by atoms with Gasteiger partial charge in [-0.05, 0) is 84.8 Å². The number of nitrogens with zero attached hydrogens (tertiary/aromatic N) is 5. The van der Waals surface area contributed by atoms with Crippen molar-refractivity contribution in [1.82, 2.24) is 24.5 Å². The van der Waals surface area contributed by atoms with E-state index >= 15 is 0 Å². The number of aromatic amines is 1. The van der Waals surface area contributed by atoms with Gasteiger partial charge in [0.25, 0.3) is 21.6 Å². The van der Waals surface area contributed by atoms with Crippen LogP contribution in [0.3, 0.4) is 0 Å². The van der Waals surface area contributed by atoms with Crippen LogP contribution < -0.4 is 19.7 Å². The van der Waals surface area contributed by atoms with Crippen LogP contribution >= 0.6 is 0 Å². The van der Waals surface area contributed by atoms with Crippen LogP contribution in [0.5, 0.6) is 11.5 Å². The quantitative estimate of drug-likeness (QED) is 0.0913. The molecule has 2 saturated heterocycles. The molecule has 16 nitrogen and oxygen atoms in total. The first-order valence-electron chi connectivity index (χ1n) is 20.8. The maximum atomic E-state index is 14.2. The summed E-state index contributed by atoms with van der Waals surface area (Å²) < 4.78 is 55.3. The van der Waals surface area contributed by atoms with E-state index in [1.165, 1.54) is 30.5 Å². The third kappa shape index (κ3) is 9.51. The first kappa shape index (κ1) is 42.6. The number of nitro benzene ring substituents is 1. The fraction of sp³-hybridized carbons (Fsp3) is 0.386. The summed E-state index contributed by atoms with van der Waals surface area (Å²) in [5.74, 6) is -0.763. The topological polar surface area (TPSA) is 192 Å². The Morgan fingerprint density at radius 1 is 1.02 bits per heavy atom. The van der Waals surface area contributed by atoms with Gasteiger partial charge in [0, 0.05) is 100 Å². The Balaban J connectivity index is 0.994. The van der Waals surface area contributed by atoms with E-state index in [-0.39, 0.29) is 46.6 Å². The summed E-state index contributed by atoms with van der Waals surface area (Å²) in [5.41, 5.74) is 2.90. The Labute approximate surface area is 358 Å². The van der Waals surface area contributed by atoms with Gasteiger partial charge in [0.1, 0.15) is 28.7 Å². The van der Waals surface area contributed by atoms with Crippen molar-refractivity contribution >= 4 is 49.9 Å². The summed E-state index contributed by atoms with van der Waals surface area (Å²) in [6.07, 6.45) is 5.40. The number of benzene rings is 3. The molecule has 62 heavy (non-hydrogen) atoms. The molecule has 18 heteroatoms. The van der Waals surface area contributed by atoms with Gasteiger partial charge in [-0.15, -0.1) is 0 Å². The average Bonchev–Trinajstić information content (AvgIpc) is 3.73. The van der Waals surface area contributed by atoms with Gasteiger partial charge in [0.15, 0.2) is 0 Å². The van der Waals surface area contributed by atoms with Crippen molar-refractivity contribution in [2.24, 2.45) is 11.8 Å². The number of hydrogen-bond acceptors (Lipinski definition) is 12. The van der Waals surface area contributed by atoms with E-state index in [4.69, 9.17) is 9.47 Å². The van der Waals surface area contributed by atoms with E-state index in [9.17, 15) is 32.5 Å². The first-order chi connectivity index (χ1) is 29.8. The molecule has 0 unspecified atom stereocenters. The highest BCUT2D eigenvalue weighted by molar-refractivity contribution is 7.90. The van der Waals surface area contributed by atoms with Crippen molar-refractivity contribution in [1.29, 1.82) is 0 Å². The summed E-state index contributed by atoms with van der Waals surface area (Å²) in [7, 11) is -4.59. The molecule has 2 aromatic heterocycles. The maximum Gasteiger partial charge on any atom is 0.293 e. The molecule has 326 valence electrons. The number of hydrogen-bond donors (Lipinski definition) is 3. The number of nitro groups is 1. The van der Waals surface area contributed by atoms with Gasteiger partial charge >= 0.3 is 0 Å². The molecule has 0 saturated carbocycles. The fourth-order valence-electron chi connectivity index (χ4n) is 8.36. The molecule has 0 spiro atoms. The number of fused-ring (bicyclic) bond motifs is 2. The Kier molecular flexibility index (Phi) is 12.4. The van der Waals surface area contributed by atoms with Crippen LogP contribution in [-0.4, -0.2) is 103 Å². The van der Waals surface area contributed by atoms with E-state index < -0.39 is 31.4 Å². The highest BCUT2D eigenvalue weighted by Gasteiger charge is 2.34. The van der Waals surface area contributed by atoms with Crippen LogP contribution in [0.1, 0.15) is 48.2 Å². The zero-order valence-corrected chi connectivity index (χ0v) is 35.3. The molecular weight excluding hydrogens is 820 g/mol. The average molecular weight is 869 g/mol. The van der Waals surface area contributed by atoms with Crippen molar-refractivity contribution < 1.29 is 36.8 Å². The number of rotatable bonds is 13. The van der Waals surface area contributed by atoms with Crippen molar-refractivity contribution in [3.63, 3.8) is 0 Å². The molecule has 8 rings (SSSR count). The summed E-state index contributed by atoms with van der Waals surface area (Å²) in [6.45, 7) is 9.06.